The SMILES string of the molecule is CC1=C(/C=C/C2=CC=C(CCc3ccccc3)CC2)CCC=C1. The predicted molar refractivity (Wildman–Crippen MR) is 100 cm³/mol. The molecule has 0 atom stereocenters. The second-order valence-electron chi connectivity index (χ2n) is 6.53. The van der Waals surface area contributed by atoms with Crippen LogP contribution >= 0.6 is 0 Å². The summed E-state index contributed by atoms with van der Waals surface area (Å²) in [7, 11) is 0. The summed E-state index contributed by atoms with van der Waals surface area (Å²) in [6.07, 6.45) is 20.9. The van der Waals surface area contributed by atoms with Crippen LogP contribution in [0.5, 0.6) is 0 Å². The molecule has 0 aliphatic heterocycles. The van der Waals surface area contributed by atoms with Crippen LogP contribution in [0.2, 0.25) is 0 Å². The van der Waals surface area contributed by atoms with E-state index in [2.05, 4.69) is 73.7 Å². The Morgan fingerprint density at radius 2 is 1.78 bits per heavy atom. The molecule has 0 N–H and O–H groups in total. The highest BCUT2D eigenvalue weighted by molar-refractivity contribution is 5.39. The fraction of sp³-hybridized carbons (Fsp3) is 0.304. The fourth-order valence-electron chi connectivity index (χ4n) is 3.22. The molecular weight excluding hydrogens is 276 g/mol. The number of hydrogen-bond acceptors (Lipinski definition) is 0. The van der Waals surface area contributed by atoms with Crippen LogP contribution in [0, 0.1) is 0 Å². The summed E-state index contributed by atoms with van der Waals surface area (Å²) in [4.78, 5) is 0. The van der Waals surface area contributed by atoms with Crippen molar-refractivity contribution in [2.45, 2.75) is 45.4 Å². The molecular formula is C23H26. The van der Waals surface area contributed by atoms with E-state index in [0.717, 1.165) is 6.42 Å². The topological polar surface area (TPSA) is 0 Å². The number of hydrogen-bond donors (Lipinski definition) is 0. The van der Waals surface area contributed by atoms with Crippen molar-refractivity contribution in [1.82, 2.24) is 0 Å². The lowest BCUT2D eigenvalue weighted by Crippen LogP contribution is -1.95. The maximum Gasteiger partial charge on any atom is -0.0241 e. The molecule has 0 radical (unpaired) electrons. The van der Waals surface area contributed by atoms with Crippen LogP contribution in [0.1, 0.15) is 44.6 Å². The fourth-order valence-corrected chi connectivity index (χ4v) is 3.22. The molecule has 0 saturated heterocycles. The van der Waals surface area contributed by atoms with Gasteiger partial charge in [0.2, 0.25) is 0 Å². The van der Waals surface area contributed by atoms with Gasteiger partial charge in [-0.1, -0.05) is 72.4 Å². The van der Waals surface area contributed by atoms with E-state index in [9.17, 15) is 0 Å². The van der Waals surface area contributed by atoms with Crippen molar-refractivity contribution in [3.8, 4) is 0 Å². The first-order valence-corrected chi connectivity index (χ1v) is 8.78. The minimum absolute atomic E-state index is 1.16. The molecule has 0 aromatic heterocycles. The summed E-state index contributed by atoms with van der Waals surface area (Å²) in [5, 5.41) is 0. The zero-order chi connectivity index (χ0) is 15.9. The van der Waals surface area contributed by atoms with Crippen LogP contribution < -0.4 is 0 Å². The van der Waals surface area contributed by atoms with Crippen molar-refractivity contribution in [3.05, 3.63) is 94.6 Å². The third-order valence-corrected chi connectivity index (χ3v) is 4.80. The molecule has 0 fully saturated rings. The lowest BCUT2D eigenvalue weighted by atomic mass is 9.92. The van der Waals surface area contributed by atoms with E-state index in [4.69, 9.17) is 0 Å². The first kappa shape index (κ1) is 15.8. The van der Waals surface area contributed by atoms with Gasteiger partial charge in [-0.05, 0) is 67.7 Å². The average molecular weight is 302 g/mol. The zero-order valence-electron chi connectivity index (χ0n) is 14.1. The minimum Gasteiger partial charge on any atom is -0.0839 e. The van der Waals surface area contributed by atoms with Gasteiger partial charge in [0.1, 0.15) is 0 Å². The molecule has 118 valence electrons. The van der Waals surface area contributed by atoms with Crippen molar-refractivity contribution in [1.29, 1.82) is 0 Å². The van der Waals surface area contributed by atoms with Gasteiger partial charge in [0, 0.05) is 0 Å². The Labute approximate surface area is 140 Å². The molecule has 0 unspecified atom stereocenters. The lowest BCUT2D eigenvalue weighted by molar-refractivity contribution is 0.825. The van der Waals surface area contributed by atoms with Gasteiger partial charge in [-0.25, -0.2) is 0 Å². The summed E-state index contributed by atoms with van der Waals surface area (Å²) >= 11 is 0. The normalized spacial score (nSPS) is 18.3. The second kappa shape index (κ2) is 7.97. The van der Waals surface area contributed by atoms with Crippen LogP contribution in [0.4, 0.5) is 0 Å². The first-order valence-electron chi connectivity index (χ1n) is 8.78. The Bertz CT molecular complexity index is 678. The summed E-state index contributed by atoms with van der Waals surface area (Å²) in [6.45, 7) is 2.21. The van der Waals surface area contributed by atoms with Gasteiger partial charge in [-0.2, -0.15) is 0 Å². The molecule has 0 saturated carbocycles. The number of rotatable bonds is 5. The minimum atomic E-state index is 1.16. The highest BCUT2D eigenvalue weighted by Gasteiger charge is 2.06. The summed E-state index contributed by atoms with van der Waals surface area (Å²) in [5.74, 6) is 0. The summed E-state index contributed by atoms with van der Waals surface area (Å²) in [6, 6.07) is 10.8. The van der Waals surface area contributed by atoms with Crippen LogP contribution in [0.3, 0.4) is 0 Å². The van der Waals surface area contributed by atoms with Crippen LogP contribution in [0.25, 0.3) is 0 Å². The van der Waals surface area contributed by atoms with Crippen LogP contribution in [0.15, 0.2) is 89.1 Å². The molecule has 3 rings (SSSR count). The smallest absolute Gasteiger partial charge is 0.0241 e. The molecule has 0 nitrogen and oxygen atoms in total. The molecule has 1 aromatic rings. The zero-order valence-corrected chi connectivity index (χ0v) is 14.1. The predicted octanol–water partition coefficient (Wildman–Crippen LogP) is 6.49. The molecule has 2 aliphatic carbocycles. The number of allylic oxidation sites excluding steroid dienone is 10. The Kier molecular flexibility index (Phi) is 5.47. The van der Waals surface area contributed by atoms with Crippen LogP contribution in [-0.4, -0.2) is 0 Å². The highest BCUT2D eigenvalue weighted by atomic mass is 14.1. The molecule has 2 aliphatic rings. The second-order valence-corrected chi connectivity index (χ2v) is 6.53. The standard InChI is InChI=1S/C23H26/c1-19-7-5-6-10-23(19)18-17-22-15-13-21(14-16-22)12-11-20-8-3-2-4-9-20/h2-5,7-9,13,15,17-18H,6,10-12,14,16H2,1H3/b18-17+. The van der Waals surface area contributed by atoms with E-state index in [1.165, 1.54) is 54.4 Å². The van der Waals surface area contributed by atoms with Gasteiger partial charge < -0.3 is 0 Å². The van der Waals surface area contributed by atoms with Crippen molar-refractivity contribution in [2.24, 2.45) is 0 Å². The molecule has 0 heteroatoms. The Morgan fingerprint density at radius 1 is 0.913 bits per heavy atom. The van der Waals surface area contributed by atoms with Crippen molar-refractivity contribution < 1.29 is 0 Å². The van der Waals surface area contributed by atoms with E-state index in [1.807, 2.05) is 0 Å². The van der Waals surface area contributed by atoms with E-state index >= 15 is 0 Å². The van der Waals surface area contributed by atoms with Gasteiger partial charge in [0.05, 0.1) is 0 Å². The van der Waals surface area contributed by atoms with Crippen molar-refractivity contribution in [2.75, 3.05) is 0 Å². The van der Waals surface area contributed by atoms with Gasteiger partial charge in [-0.15, -0.1) is 0 Å². The third-order valence-electron chi connectivity index (χ3n) is 4.80. The number of aryl methyl sites for hydroxylation is 1. The Balaban J connectivity index is 1.56. The lowest BCUT2D eigenvalue weighted by Gasteiger charge is -2.13. The van der Waals surface area contributed by atoms with E-state index in [0.29, 0.717) is 0 Å². The molecule has 0 spiro atoms. The average Bonchev–Trinajstić information content (AvgIpc) is 2.61. The summed E-state index contributed by atoms with van der Waals surface area (Å²) in [5.41, 5.74) is 7.40. The van der Waals surface area contributed by atoms with Gasteiger partial charge in [-0.3, -0.25) is 0 Å². The van der Waals surface area contributed by atoms with Gasteiger partial charge in [0.15, 0.2) is 0 Å². The Hall–Kier alpha value is -2.08. The largest absolute Gasteiger partial charge is 0.0839 e. The molecule has 0 bridgehead atoms. The quantitative estimate of drug-likeness (QED) is 0.583. The van der Waals surface area contributed by atoms with E-state index in [-0.39, 0.29) is 0 Å². The molecule has 23 heavy (non-hydrogen) atoms. The first-order chi connectivity index (χ1) is 11.3. The van der Waals surface area contributed by atoms with Gasteiger partial charge in [0.25, 0.3) is 0 Å². The van der Waals surface area contributed by atoms with Crippen molar-refractivity contribution >= 4 is 0 Å². The third kappa shape index (κ3) is 4.69. The summed E-state index contributed by atoms with van der Waals surface area (Å²) < 4.78 is 0. The molecule has 0 amide bonds. The maximum absolute atomic E-state index is 2.34. The maximum atomic E-state index is 2.34. The van der Waals surface area contributed by atoms with Crippen molar-refractivity contribution in [3.63, 3.8) is 0 Å². The molecule has 1 aromatic carbocycles. The number of benzene rings is 1. The van der Waals surface area contributed by atoms with E-state index < -0.39 is 0 Å². The van der Waals surface area contributed by atoms with Gasteiger partial charge >= 0.3 is 0 Å². The highest BCUT2D eigenvalue weighted by Crippen LogP contribution is 2.25. The monoisotopic (exact) mass is 302 g/mol. The molecule has 0 heterocycles. The van der Waals surface area contributed by atoms with Crippen LogP contribution in [-0.2, 0) is 6.42 Å². The van der Waals surface area contributed by atoms with E-state index in [1.54, 1.807) is 5.57 Å². The Morgan fingerprint density at radius 3 is 2.52 bits per heavy atom.